The lowest BCUT2D eigenvalue weighted by atomic mass is 10.0. The first kappa shape index (κ1) is 13.3. The van der Waals surface area contributed by atoms with Crippen molar-refractivity contribution in [1.82, 2.24) is 5.01 Å². The molecule has 0 atom stereocenters. The summed E-state index contributed by atoms with van der Waals surface area (Å²) < 4.78 is 1.14. The zero-order valence-electron chi connectivity index (χ0n) is 11.4. The second-order valence-electron chi connectivity index (χ2n) is 5.08. The van der Waals surface area contributed by atoms with Gasteiger partial charge in [-0.1, -0.05) is 44.9 Å². The van der Waals surface area contributed by atoms with Crippen molar-refractivity contribution in [3.63, 3.8) is 0 Å². The van der Waals surface area contributed by atoms with Crippen LogP contribution in [0, 0.1) is 6.92 Å². The lowest BCUT2D eigenvalue weighted by Gasteiger charge is -2.25. The van der Waals surface area contributed by atoms with E-state index in [-0.39, 0.29) is 0 Å². The molecule has 0 saturated heterocycles. The van der Waals surface area contributed by atoms with E-state index in [2.05, 4.69) is 63.5 Å². The van der Waals surface area contributed by atoms with Crippen LogP contribution in [0.15, 0.2) is 57.3 Å². The van der Waals surface area contributed by atoms with Gasteiger partial charge in [-0.3, -0.25) is 5.01 Å². The minimum absolute atomic E-state index is 0.831. The molecule has 1 aliphatic heterocycles. The van der Waals surface area contributed by atoms with Crippen LogP contribution in [-0.4, -0.2) is 11.6 Å². The number of hydrogen-bond acceptors (Lipinski definition) is 2. The molecule has 0 fully saturated rings. The second-order valence-corrected chi connectivity index (χ2v) is 5.99. The van der Waals surface area contributed by atoms with Gasteiger partial charge in [0.25, 0.3) is 0 Å². The van der Waals surface area contributed by atoms with E-state index in [1.807, 2.05) is 17.1 Å². The number of aryl methyl sites for hydroxylation is 1. The van der Waals surface area contributed by atoms with Gasteiger partial charge in [-0.05, 0) is 48.7 Å². The molecule has 1 aliphatic rings. The van der Waals surface area contributed by atoms with E-state index in [4.69, 9.17) is 0 Å². The van der Waals surface area contributed by atoms with Gasteiger partial charge in [-0.25, -0.2) is 0 Å². The third-order valence-electron chi connectivity index (χ3n) is 3.48. The molecule has 102 valence electrons. The maximum Gasteiger partial charge on any atom is 0.0874 e. The van der Waals surface area contributed by atoms with E-state index in [1.54, 1.807) is 0 Å². The van der Waals surface area contributed by atoms with Crippen molar-refractivity contribution in [3.05, 3.63) is 63.6 Å². The van der Waals surface area contributed by atoms with Crippen LogP contribution in [0.25, 0.3) is 0 Å². The Kier molecular flexibility index (Phi) is 3.83. The van der Waals surface area contributed by atoms with Gasteiger partial charge in [0.15, 0.2) is 0 Å². The van der Waals surface area contributed by atoms with Gasteiger partial charge in [0.1, 0.15) is 0 Å². The van der Waals surface area contributed by atoms with E-state index in [0.717, 1.165) is 29.7 Å². The van der Waals surface area contributed by atoms with Crippen LogP contribution < -0.4 is 0 Å². The first-order valence-corrected chi connectivity index (χ1v) is 7.50. The number of nitrogens with zero attached hydrogens (tertiary/aromatic N) is 3. The summed E-state index contributed by atoms with van der Waals surface area (Å²) in [6.45, 7) is 3.82. The standard InChI is InChI=1S/C16H16BrN3/c1-12-2-6-16(7-3-12)18-19-20-9-8-13-10-15(17)5-4-14(13)11-20/h2-7,10H,8-9,11H2,1H3/b19-18+. The number of fused-ring (bicyclic) bond motifs is 1. The Bertz CT molecular complexity index is 635. The van der Waals surface area contributed by atoms with Gasteiger partial charge < -0.3 is 0 Å². The summed E-state index contributed by atoms with van der Waals surface area (Å²) in [5.41, 5.74) is 4.88. The van der Waals surface area contributed by atoms with Crippen LogP contribution in [0.1, 0.15) is 16.7 Å². The Morgan fingerprint density at radius 1 is 1.05 bits per heavy atom. The highest BCUT2D eigenvalue weighted by molar-refractivity contribution is 9.10. The lowest BCUT2D eigenvalue weighted by Crippen LogP contribution is -2.25. The molecule has 0 bridgehead atoms. The van der Waals surface area contributed by atoms with Crippen LogP contribution in [0.3, 0.4) is 0 Å². The molecule has 0 unspecified atom stereocenters. The average Bonchev–Trinajstić information content (AvgIpc) is 2.46. The van der Waals surface area contributed by atoms with Gasteiger partial charge in [0.2, 0.25) is 0 Å². The molecule has 0 spiro atoms. The molecule has 4 heteroatoms. The fourth-order valence-corrected chi connectivity index (χ4v) is 2.72. The summed E-state index contributed by atoms with van der Waals surface area (Å²) >= 11 is 3.52. The van der Waals surface area contributed by atoms with Crippen molar-refractivity contribution in [2.24, 2.45) is 10.3 Å². The monoisotopic (exact) mass is 329 g/mol. The molecular weight excluding hydrogens is 314 g/mol. The summed E-state index contributed by atoms with van der Waals surface area (Å²) in [7, 11) is 0. The number of rotatable bonds is 2. The summed E-state index contributed by atoms with van der Waals surface area (Å²) in [5.74, 6) is 0. The predicted octanol–water partition coefficient (Wildman–Crippen LogP) is 4.81. The first-order valence-electron chi connectivity index (χ1n) is 6.71. The third-order valence-corrected chi connectivity index (χ3v) is 3.97. The predicted molar refractivity (Wildman–Crippen MR) is 84.0 cm³/mol. The van der Waals surface area contributed by atoms with Crippen LogP contribution in [0.5, 0.6) is 0 Å². The smallest absolute Gasteiger partial charge is 0.0874 e. The van der Waals surface area contributed by atoms with Gasteiger partial charge in [-0.15, -0.1) is 5.11 Å². The van der Waals surface area contributed by atoms with Crippen LogP contribution in [0.4, 0.5) is 5.69 Å². The molecule has 0 N–H and O–H groups in total. The minimum Gasteiger partial charge on any atom is -0.274 e. The molecule has 3 nitrogen and oxygen atoms in total. The van der Waals surface area contributed by atoms with Crippen molar-refractivity contribution in [3.8, 4) is 0 Å². The topological polar surface area (TPSA) is 28.0 Å². The average molecular weight is 330 g/mol. The highest BCUT2D eigenvalue weighted by atomic mass is 79.9. The highest BCUT2D eigenvalue weighted by Gasteiger charge is 2.14. The Balaban J connectivity index is 1.71. The van der Waals surface area contributed by atoms with E-state index < -0.39 is 0 Å². The number of benzene rings is 2. The molecule has 0 saturated carbocycles. The van der Waals surface area contributed by atoms with Crippen LogP contribution >= 0.6 is 15.9 Å². The Labute approximate surface area is 127 Å². The maximum absolute atomic E-state index is 4.35. The summed E-state index contributed by atoms with van der Waals surface area (Å²) in [6, 6.07) is 14.5. The Morgan fingerprint density at radius 2 is 1.85 bits per heavy atom. The summed E-state index contributed by atoms with van der Waals surface area (Å²) in [4.78, 5) is 0. The van der Waals surface area contributed by atoms with Crippen molar-refractivity contribution in [1.29, 1.82) is 0 Å². The van der Waals surface area contributed by atoms with Gasteiger partial charge >= 0.3 is 0 Å². The lowest BCUT2D eigenvalue weighted by molar-refractivity contribution is 0.250. The summed E-state index contributed by atoms with van der Waals surface area (Å²) in [6.07, 6.45) is 1.02. The molecule has 20 heavy (non-hydrogen) atoms. The van der Waals surface area contributed by atoms with E-state index >= 15 is 0 Å². The Hall–Kier alpha value is -1.68. The largest absolute Gasteiger partial charge is 0.274 e. The van der Waals surface area contributed by atoms with Crippen molar-refractivity contribution in [2.45, 2.75) is 19.9 Å². The Morgan fingerprint density at radius 3 is 2.65 bits per heavy atom. The molecule has 3 rings (SSSR count). The normalized spacial score (nSPS) is 14.6. The van der Waals surface area contributed by atoms with Gasteiger partial charge in [-0.2, -0.15) is 0 Å². The fraction of sp³-hybridized carbons (Fsp3) is 0.250. The molecule has 2 aromatic carbocycles. The van der Waals surface area contributed by atoms with E-state index in [1.165, 1.54) is 16.7 Å². The fourth-order valence-electron chi connectivity index (χ4n) is 2.31. The molecule has 0 amide bonds. The molecule has 2 aromatic rings. The van der Waals surface area contributed by atoms with E-state index in [0.29, 0.717) is 0 Å². The third kappa shape index (κ3) is 3.07. The van der Waals surface area contributed by atoms with Crippen LogP contribution in [0.2, 0.25) is 0 Å². The molecule has 0 aromatic heterocycles. The second kappa shape index (κ2) is 5.75. The van der Waals surface area contributed by atoms with Gasteiger partial charge in [0, 0.05) is 11.0 Å². The summed E-state index contributed by atoms with van der Waals surface area (Å²) in [5, 5.41) is 10.7. The van der Waals surface area contributed by atoms with Crippen LogP contribution in [-0.2, 0) is 13.0 Å². The minimum atomic E-state index is 0.831. The molecule has 0 radical (unpaired) electrons. The number of hydrogen-bond donors (Lipinski definition) is 0. The van der Waals surface area contributed by atoms with Crippen molar-refractivity contribution < 1.29 is 0 Å². The van der Waals surface area contributed by atoms with E-state index in [9.17, 15) is 0 Å². The zero-order chi connectivity index (χ0) is 13.9. The first-order chi connectivity index (χ1) is 9.70. The SMILES string of the molecule is Cc1ccc(/N=N/N2CCc3cc(Br)ccc3C2)cc1. The molecule has 1 heterocycles. The molecule has 0 aliphatic carbocycles. The van der Waals surface area contributed by atoms with Crippen molar-refractivity contribution >= 4 is 21.6 Å². The van der Waals surface area contributed by atoms with Gasteiger partial charge in [0.05, 0.1) is 12.2 Å². The number of halogens is 1. The van der Waals surface area contributed by atoms with Crippen molar-refractivity contribution in [2.75, 3.05) is 6.54 Å². The zero-order valence-corrected chi connectivity index (χ0v) is 13.0. The molecular formula is C16H16BrN3. The quantitative estimate of drug-likeness (QED) is 0.726. The maximum atomic E-state index is 4.35. The highest BCUT2D eigenvalue weighted by Crippen LogP contribution is 2.23.